The van der Waals surface area contributed by atoms with E-state index in [1.807, 2.05) is 0 Å². The van der Waals surface area contributed by atoms with Gasteiger partial charge in [0.2, 0.25) is 0 Å². The molecule has 0 atom stereocenters. The first kappa shape index (κ1) is 8.63. The molecule has 1 nitrogen and oxygen atoms in total. The van der Waals surface area contributed by atoms with Crippen LogP contribution in [-0.4, -0.2) is 18.5 Å². The van der Waals surface area contributed by atoms with Crippen molar-refractivity contribution >= 4 is 0 Å². The highest BCUT2D eigenvalue weighted by molar-refractivity contribution is 5.04. The summed E-state index contributed by atoms with van der Waals surface area (Å²) < 4.78 is 0. The normalized spacial score (nSPS) is 20.0. The molecule has 0 amide bonds. The molecule has 11 heavy (non-hydrogen) atoms. The molecule has 0 aromatic carbocycles. The fraction of sp³-hybridized carbons (Fsp3) is 0.800. The molecule has 0 radical (unpaired) electrons. The van der Waals surface area contributed by atoms with Gasteiger partial charge >= 0.3 is 0 Å². The van der Waals surface area contributed by atoms with Crippen LogP contribution in [0.1, 0.15) is 33.1 Å². The van der Waals surface area contributed by atoms with Crippen LogP contribution in [0.25, 0.3) is 0 Å². The highest BCUT2D eigenvalue weighted by atomic mass is 15.1. The van der Waals surface area contributed by atoms with Crippen LogP contribution in [0, 0.1) is 5.92 Å². The third kappa shape index (κ3) is 2.25. The van der Waals surface area contributed by atoms with E-state index in [0.717, 1.165) is 0 Å². The van der Waals surface area contributed by atoms with Gasteiger partial charge in [0, 0.05) is 19.3 Å². The lowest BCUT2D eigenvalue weighted by Gasteiger charge is -2.23. The Morgan fingerprint density at radius 2 is 2.09 bits per heavy atom. The maximum Gasteiger partial charge on any atom is 0.0171 e. The molecule has 0 fully saturated rings. The quantitative estimate of drug-likeness (QED) is 0.560. The predicted molar refractivity (Wildman–Crippen MR) is 49.4 cm³/mol. The summed E-state index contributed by atoms with van der Waals surface area (Å²) in [5.41, 5.74) is 1.53. The minimum absolute atomic E-state index is 0.693. The first-order valence-corrected chi connectivity index (χ1v) is 4.63. The van der Waals surface area contributed by atoms with Crippen LogP contribution < -0.4 is 0 Å². The van der Waals surface area contributed by atoms with Gasteiger partial charge in [0.05, 0.1) is 0 Å². The average molecular weight is 153 g/mol. The maximum absolute atomic E-state index is 2.40. The monoisotopic (exact) mass is 153 g/mol. The Morgan fingerprint density at radius 1 is 1.36 bits per heavy atom. The van der Waals surface area contributed by atoms with E-state index in [9.17, 15) is 0 Å². The lowest BCUT2D eigenvalue weighted by atomic mass is 10.1. The van der Waals surface area contributed by atoms with Gasteiger partial charge in [0.1, 0.15) is 0 Å². The molecule has 0 aromatic rings. The maximum atomic E-state index is 2.40. The number of hydrogen-bond acceptors (Lipinski definition) is 1. The highest BCUT2D eigenvalue weighted by Crippen LogP contribution is 2.19. The molecule has 0 aromatic heterocycles. The molecule has 0 saturated heterocycles. The number of nitrogens with zero attached hydrogens (tertiary/aromatic N) is 1. The SMILES string of the molecule is CC(C)C1=CCCCCN1C. The Labute approximate surface area is 70.1 Å². The lowest BCUT2D eigenvalue weighted by Crippen LogP contribution is -2.20. The fourth-order valence-corrected chi connectivity index (χ4v) is 1.70. The number of rotatable bonds is 1. The molecule has 1 aliphatic heterocycles. The summed E-state index contributed by atoms with van der Waals surface area (Å²) >= 11 is 0. The van der Waals surface area contributed by atoms with Gasteiger partial charge in [-0.15, -0.1) is 0 Å². The van der Waals surface area contributed by atoms with Crippen LogP contribution in [0.3, 0.4) is 0 Å². The van der Waals surface area contributed by atoms with Crippen molar-refractivity contribution in [2.75, 3.05) is 13.6 Å². The molecule has 0 saturated carbocycles. The van der Waals surface area contributed by atoms with Gasteiger partial charge < -0.3 is 4.90 Å². The highest BCUT2D eigenvalue weighted by Gasteiger charge is 2.10. The van der Waals surface area contributed by atoms with E-state index in [1.165, 1.54) is 31.5 Å². The van der Waals surface area contributed by atoms with Gasteiger partial charge in [-0.1, -0.05) is 19.9 Å². The Hall–Kier alpha value is -0.460. The van der Waals surface area contributed by atoms with Crippen molar-refractivity contribution in [3.8, 4) is 0 Å². The van der Waals surface area contributed by atoms with E-state index in [4.69, 9.17) is 0 Å². The van der Waals surface area contributed by atoms with Gasteiger partial charge in [-0.05, 0) is 25.2 Å². The van der Waals surface area contributed by atoms with E-state index in [0.29, 0.717) is 5.92 Å². The first-order chi connectivity index (χ1) is 5.22. The lowest BCUT2D eigenvalue weighted by molar-refractivity contribution is 0.375. The summed E-state index contributed by atoms with van der Waals surface area (Å²) in [7, 11) is 2.21. The van der Waals surface area contributed by atoms with E-state index in [2.05, 4.69) is 31.9 Å². The molecule has 0 aliphatic carbocycles. The fourth-order valence-electron chi connectivity index (χ4n) is 1.70. The van der Waals surface area contributed by atoms with Crippen LogP contribution in [0.15, 0.2) is 11.8 Å². The van der Waals surface area contributed by atoms with Crippen LogP contribution in [-0.2, 0) is 0 Å². The van der Waals surface area contributed by atoms with Crippen molar-refractivity contribution in [2.24, 2.45) is 5.92 Å². The van der Waals surface area contributed by atoms with Crippen molar-refractivity contribution in [2.45, 2.75) is 33.1 Å². The van der Waals surface area contributed by atoms with Crippen LogP contribution in [0.2, 0.25) is 0 Å². The summed E-state index contributed by atoms with van der Waals surface area (Å²) in [4.78, 5) is 2.40. The summed E-state index contributed by atoms with van der Waals surface area (Å²) in [5.74, 6) is 0.693. The van der Waals surface area contributed by atoms with Crippen molar-refractivity contribution < 1.29 is 0 Å². The van der Waals surface area contributed by atoms with Crippen molar-refractivity contribution in [1.82, 2.24) is 4.90 Å². The zero-order chi connectivity index (χ0) is 8.27. The van der Waals surface area contributed by atoms with Crippen LogP contribution >= 0.6 is 0 Å². The minimum atomic E-state index is 0.693. The minimum Gasteiger partial charge on any atom is -0.378 e. The molecule has 1 aliphatic rings. The van der Waals surface area contributed by atoms with Crippen molar-refractivity contribution in [3.05, 3.63) is 11.8 Å². The molecule has 0 bridgehead atoms. The molecule has 0 spiro atoms. The van der Waals surface area contributed by atoms with E-state index in [1.54, 1.807) is 0 Å². The molecule has 1 rings (SSSR count). The zero-order valence-electron chi connectivity index (χ0n) is 7.93. The van der Waals surface area contributed by atoms with E-state index >= 15 is 0 Å². The van der Waals surface area contributed by atoms with Crippen LogP contribution in [0.5, 0.6) is 0 Å². The standard InChI is InChI=1S/C10H19N/c1-9(2)10-7-5-4-6-8-11(10)3/h7,9H,4-6,8H2,1-3H3. The first-order valence-electron chi connectivity index (χ1n) is 4.63. The topological polar surface area (TPSA) is 3.24 Å². The van der Waals surface area contributed by atoms with Gasteiger partial charge in [0.25, 0.3) is 0 Å². The van der Waals surface area contributed by atoms with Gasteiger partial charge in [-0.25, -0.2) is 0 Å². The van der Waals surface area contributed by atoms with Crippen molar-refractivity contribution in [1.29, 1.82) is 0 Å². The second kappa shape index (κ2) is 3.80. The summed E-state index contributed by atoms with van der Waals surface area (Å²) in [5, 5.41) is 0. The smallest absolute Gasteiger partial charge is 0.0171 e. The third-order valence-electron chi connectivity index (χ3n) is 2.33. The Bertz CT molecular complexity index is 147. The Morgan fingerprint density at radius 3 is 2.73 bits per heavy atom. The number of allylic oxidation sites excluding steroid dienone is 2. The second-order valence-electron chi connectivity index (χ2n) is 3.70. The summed E-state index contributed by atoms with van der Waals surface area (Å²) in [6.07, 6.45) is 6.39. The molecule has 1 heterocycles. The largest absolute Gasteiger partial charge is 0.378 e. The van der Waals surface area contributed by atoms with E-state index < -0.39 is 0 Å². The Balaban J connectivity index is 2.62. The average Bonchev–Trinajstić information content (AvgIpc) is 2.13. The molecular formula is C10H19N. The predicted octanol–water partition coefficient (Wildman–Crippen LogP) is 2.64. The summed E-state index contributed by atoms with van der Waals surface area (Å²) in [6.45, 7) is 5.78. The molecule has 0 N–H and O–H groups in total. The van der Waals surface area contributed by atoms with Gasteiger partial charge in [-0.2, -0.15) is 0 Å². The third-order valence-corrected chi connectivity index (χ3v) is 2.33. The number of hydrogen-bond donors (Lipinski definition) is 0. The van der Waals surface area contributed by atoms with Gasteiger partial charge in [-0.3, -0.25) is 0 Å². The Kier molecular flexibility index (Phi) is 2.98. The molecular weight excluding hydrogens is 134 g/mol. The van der Waals surface area contributed by atoms with Crippen LogP contribution in [0.4, 0.5) is 0 Å². The van der Waals surface area contributed by atoms with E-state index in [-0.39, 0.29) is 0 Å². The molecule has 0 unspecified atom stereocenters. The molecule has 1 heteroatoms. The van der Waals surface area contributed by atoms with Crippen molar-refractivity contribution in [3.63, 3.8) is 0 Å². The second-order valence-corrected chi connectivity index (χ2v) is 3.70. The summed E-state index contributed by atoms with van der Waals surface area (Å²) in [6, 6.07) is 0. The zero-order valence-corrected chi connectivity index (χ0v) is 7.93. The van der Waals surface area contributed by atoms with Gasteiger partial charge in [0.15, 0.2) is 0 Å². The molecule has 64 valence electrons.